The maximum Gasteiger partial charge on any atom is 0.303 e. The predicted molar refractivity (Wildman–Crippen MR) is 108 cm³/mol. The summed E-state index contributed by atoms with van der Waals surface area (Å²) in [6.45, 7) is 0.474. The summed E-state index contributed by atoms with van der Waals surface area (Å²) in [5.74, 6) is -0.663. The van der Waals surface area contributed by atoms with Crippen LogP contribution in [0.1, 0.15) is 31.2 Å². The minimum absolute atomic E-state index is 0.00503. The van der Waals surface area contributed by atoms with Gasteiger partial charge in [0, 0.05) is 17.4 Å². The molecule has 6 nitrogen and oxygen atoms in total. The van der Waals surface area contributed by atoms with Gasteiger partial charge in [-0.3, -0.25) is 14.5 Å². The van der Waals surface area contributed by atoms with E-state index in [1.807, 2.05) is 0 Å². The second-order valence-electron chi connectivity index (χ2n) is 5.58. The van der Waals surface area contributed by atoms with Crippen molar-refractivity contribution in [1.29, 1.82) is 0 Å². The van der Waals surface area contributed by atoms with Crippen molar-refractivity contribution in [1.82, 2.24) is 4.90 Å². The number of carbonyl (C=O) groups excluding carboxylic acids is 1. The molecule has 1 saturated heterocycles. The Morgan fingerprint density at radius 2 is 2.12 bits per heavy atom. The summed E-state index contributed by atoms with van der Waals surface area (Å²) in [4.78, 5) is 25.1. The van der Waals surface area contributed by atoms with Gasteiger partial charge < -0.3 is 14.9 Å². The molecule has 2 rings (SSSR count). The molecule has 0 radical (unpaired) electrons. The lowest BCUT2D eigenvalue weighted by molar-refractivity contribution is -0.137. The zero-order chi connectivity index (χ0) is 19.3. The van der Waals surface area contributed by atoms with Crippen molar-refractivity contribution in [2.75, 3.05) is 13.7 Å². The van der Waals surface area contributed by atoms with Gasteiger partial charge in [-0.15, -0.1) is 0 Å². The number of methoxy groups -OCH3 is 1. The standard InChI is InChI=1S/C17H18BrNO5S2/c1-24-13-7-10(11(18)9-12(13)20)8-14-16(23)19(17(25)26-14)6-4-2-3-5-15(21)22/h7-9,20H,2-6H2,1H3,(H,21,22). The van der Waals surface area contributed by atoms with Crippen LogP contribution in [0.4, 0.5) is 0 Å². The van der Waals surface area contributed by atoms with Gasteiger partial charge in [0.05, 0.1) is 12.0 Å². The van der Waals surface area contributed by atoms with E-state index in [9.17, 15) is 14.7 Å². The maximum absolute atomic E-state index is 12.6. The number of hydrogen-bond acceptors (Lipinski definition) is 6. The number of amides is 1. The summed E-state index contributed by atoms with van der Waals surface area (Å²) in [5, 5.41) is 18.4. The average molecular weight is 460 g/mol. The number of ether oxygens (including phenoxy) is 1. The lowest BCUT2D eigenvalue weighted by Crippen LogP contribution is -2.29. The number of thiocarbonyl (C=S) groups is 1. The molecular weight excluding hydrogens is 442 g/mol. The minimum atomic E-state index is -0.812. The number of unbranched alkanes of at least 4 members (excludes halogenated alkanes) is 2. The first kappa shape index (κ1) is 20.7. The molecule has 9 heteroatoms. The predicted octanol–water partition coefficient (Wildman–Crippen LogP) is 4.01. The minimum Gasteiger partial charge on any atom is -0.504 e. The molecule has 0 aliphatic carbocycles. The van der Waals surface area contributed by atoms with Gasteiger partial charge in [-0.1, -0.05) is 46.3 Å². The fourth-order valence-corrected chi connectivity index (χ4v) is 4.13. The van der Waals surface area contributed by atoms with Gasteiger partial charge in [0.1, 0.15) is 4.32 Å². The van der Waals surface area contributed by atoms with Crippen LogP contribution in [0.3, 0.4) is 0 Å². The highest BCUT2D eigenvalue weighted by atomic mass is 79.9. The van der Waals surface area contributed by atoms with E-state index in [0.717, 1.165) is 6.42 Å². The molecule has 1 fully saturated rings. The fraction of sp³-hybridized carbons (Fsp3) is 0.353. The van der Waals surface area contributed by atoms with E-state index in [2.05, 4.69) is 15.9 Å². The monoisotopic (exact) mass is 459 g/mol. The van der Waals surface area contributed by atoms with Crippen molar-refractivity contribution in [2.45, 2.75) is 25.7 Å². The first-order valence-corrected chi connectivity index (χ1v) is 9.89. The molecule has 1 aliphatic heterocycles. The number of benzene rings is 1. The number of hydrogen-bond donors (Lipinski definition) is 2. The van der Waals surface area contributed by atoms with Crippen LogP contribution in [0.2, 0.25) is 0 Å². The number of nitrogens with zero attached hydrogens (tertiary/aromatic N) is 1. The zero-order valence-corrected chi connectivity index (χ0v) is 17.2. The van der Waals surface area contributed by atoms with Gasteiger partial charge in [0.25, 0.3) is 5.91 Å². The molecule has 2 N–H and O–H groups in total. The number of phenolic OH excluding ortho intramolecular Hbond substituents is 1. The number of aliphatic carboxylic acids is 1. The van der Waals surface area contributed by atoms with Crippen LogP contribution in [0.15, 0.2) is 21.5 Å². The number of rotatable bonds is 8. The highest BCUT2D eigenvalue weighted by Crippen LogP contribution is 2.37. The third kappa shape index (κ3) is 5.21. The Hall–Kier alpha value is -1.58. The quantitative estimate of drug-likeness (QED) is 0.344. The Balaban J connectivity index is 2.06. The zero-order valence-electron chi connectivity index (χ0n) is 14.0. The summed E-state index contributed by atoms with van der Waals surface area (Å²) >= 11 is 9.88. The van der Waals surface area contributed by atoms with Crippen LogP contribution in [0.5, 0.6) is 11.5 Å². The molecule has 0 unspecified atom stereocenters. The number of carboxylic acids is 1. The van der Waals surface area contributed by atoms with Crippen LogP contribution in [-0.4, -0.2) is 45.0 Å². The van der Waals surface area contributed by atoms with Crippen LogP contribution in [0.25, 0.3) is 6.08 Å². The van der Waals surface area contributed by atoms with E-state index in [4.69, 9.17) is 22.1 Å². The molecule has 0 saturated carbocycles. The number of carbonyl (C=O) groups is 2. The first-order valence-electron chi connectivity index (χ1n) is 7.87. The van der Waals surface area contributed by atoms with E-state index in [1.165, 1.54) is 29.8 Å². The topological polar surface area (TPSA) is 87.1 Å². The summed E-state index contributed by atoms with van der Waals surface area (Å²) in [7, 11) is 1.45. The highest BCUT2D eigenvalue weighted by molar-refractivity contribution is 9.10. The van der Waals surface area contributed by atoms with Gasteiger partial charge in [0.2, 0.25) is 0 Å². The molecule has 0 spiro atoms. The molecule has 1 aliphatic rings. The van der Waals surface area contributed by atoms with Gasteiger partial charge in [0.15, 0.2) is 11.5 Å². The smallest absolute Gasteiger partial charge is 0.303 e. The van der Waals surface area contributed by atoms with Crippen molar-refractivity contribution < 1.29 is 24.5 Å². The lowest BCUT2D eigenvalue weighted by Gasteiger charge is -2.13. The molecule has 0 atom stereocenters. The molecule has 140 valence electrons. The summed E-state index contributed by atoms with van der Waals surface area (Å²) in [6.07, 6.45) is 3.85. The third-order valence-corrected chi connectivity index (χ3v) is 5.80. The Bertz CT molecular complexity index is 766. The van der Waals surface area contributed by atoms with Crippen molar-refractivity contribution in [3.05, 3.63) is 27.1 Å². The molecule has 26 heavy (non-hydrogen) atoms. The van der Waals surface area contributed by atoms with Gasteiger partial charge >= 0.3 is 5.97 Å². The van der Waals surface area contributed by atoms with E-state index < -0.39 is 5.97 Å². The second kappa shape index (κ2) is 9.38. The number of carboxylic acid groups (broad SMARTS) is 1. The largest absolute Gasteiger partial charge is 0.504 e. The number of thioether (sulfide) groups is 1. The normalized spacial score (nSPS) is 15.8. The molecule has 1 amide bonds. The SMILES string of the molecule is COc1cc(C=C2SC(=S)N(CCCCCC(=O)O)C2=O)c(Br)cc1O. The Kier molecular flexibility index (Phi) is 7.48. The van der Waals surface area contributed by atoms with Crippen LogP contribution < -0.4 is 4.74 Å². The summed E-state index contributed by atoms with van der Waals surface area (Å²) in [5.41, 5.74) is 0.696. The van der Waals surface area contributed by atoms with Crippen LogP contribution >= 0.6 is 39.9 Å². The second-order valence-corrected chi connectivity index (χ2v) is 8.11. The Morgan fingerprint density at radius 1 is 1.38 bits per heavy atom. The van der Waals surface area contributed by atoms with E-state index in [-0.39, 0.29) is 18.1 Å². The number of aromatic hydroxyl groups is 1. The molecule has 1 aromatic rings. The molecule has 1 aromatic carbocycles. The average Bonchev–Trinajstić information content (AvgIpc) is 2.83. The van der Waals surface area contributed by atoms with E-state index >= 15 is 0 Å². The van der Waals surface area contributed by atoms with Crippen molar-refractivity contribution in [2.24, 2.45) is 0 Å². The summed E-state index contributed by atoms with van der Waals surface area (Å²) in [6, 6.07) is 3.14. The first-order chi connectivity index (χ1) is 12.3. The van der Waals surface area contributed by atoms with Gasteiger partial charge in [-0.05, 0) is 36.6 Å². The number of phenols is 1. The molecule has 0 bridgehead atoms. The van der Waals surface area contributed by atoms with Crippen molar-refractivity contribution in [3.63, 3.8) is 0 Å². The Morgan fingerprint density at radius 3 is 2.77 bits per heavy atom. The highest BCUT2D eigenvalue weighted by Gasteiger charge is 2.31. The van der Waals surface area contributed by atoms with Crippen LogP contribution in [-0.2, 0) is 9.59 Å². The fourth-order valence-electron chi connectivity index (χ4n) is 2.39. The van der Waals surface area contributed by atoms with Gasteiger partial charge in [-0.25, -0.2) is 0 Å². The third-order valence-electron chi connectivity index (χ3n) is 3.73. The summed E-state index contributed by atoms with van der Waals surface area (Å²) < 4.78 is 6.22. The maximum atomic E-state index is 12.6. The van der Waals surface area contributed by atoms with Crippen molar-refractivity contribution in [3.8, 4) is 11.5 Å². The van der Waals surface area contributed by atoms with E-state index in [0.29, 0.717) is 44.4 Å². The Labute approximate surface area is 169 Å². The van der Waals surface area contributed by atoms with Crippen LogP contribution in [0, 0.1) is 0 Å². The van der Waals surface area contributed by atoms with Crippen molar-refractivity contribution >= 4 is 62.2 Å². The van der Waals surface area contributed by atoms with Gasteiger partial charge in [-0.2, -0.15) is 0 Å². The number of halogens is 1. The van der Waals surface area contributed by atoms with E-state index in [1.54, 1.807) is 12.1 Å². The molecule has 0 aromatic heterocycles. The molecular formula is C17H18BrNO5S2. The molecule has 1 heterocycles. The lowest BCUT2D eigenvalue weighted by atomic mass is 10.1.